The molecule has 5 N–H and O–H groups in total. The molecule has 27 heavy (non-hydrogen) atoms. The van der Waals surface area contributed by atoms with Crippen LogP contribution in [-0.4, -0.2) is 40.9 Å². The minimum Gasteiger partial charge on any atom is -0.508 e. The van der Waals surface area contributed by atoms with Crippen molar-refractivity contribution in [1.82, 2.24) is 5.32 Å². The topological polar surface area (TPSA) is 111 Å². The molecule has 0 fully saturated rings. The van der Waals surface area contributed by atoms with Crippen molar-refractivity contribution in [3.8, 4) is 17.2 Å². The number of hydrogen-bond acceptors (Lipinski definition) is 6. The van der Waals surface area contributed by atoms with Crippen LogP contribution in [0.3, 0.4) is 0 Å². The quantitative estimate of drug-likeness (QED) is 0.363. The number of anilines is 1. The van der Waals surface area contributed by atoms with Gasteiger partial charge in [-0.3, -0.25) is 4.79 Å². The average molecular weight is 395 g/mol. The summed E-state index contributed by atoms with van der Waals surface area (Å²) in [5.74, 6) is 0.150. The number of phenolic OH excluding ortho intramolecular Hbond substituents is 2. The predicted molar refractivity (Wildman–Crippen MR) is 104 cm³/mol. The van der Waals surface area contributed by atoms with E-state index in [1.165, 1.54) is 6.07 Å². The summed E-state index contributed by atoms with van der Waals surface area (Å²) in [6, 6.07) is 10.2. The van der Waals surface area contributed by atoms with Gasteiger partial charge in [-0.15, -0.1) is 12.4 Å². The third kappa shape index (κ3) is 5.03. The number of rotatable bonds is 7. The number of benzene rings is 2. The molecule has 1 aliphatic rings. The average Bonchev–Trinajstić information content (AvgIpc) is 2.63. The Morgan fingerprint density at radius 2 is 1.93 bits per heavy atom. The molecule has 0 aliphatic carbocycles. The molecule has 0 bridgehead atoms. The number of halogens is 1. The highest BCUT2D eigenvalue weighted by Gasteiger charge is 2.25. The lowest BCUT2D eigenvalue weighted by Crippen LogP contribution is -2.28. The van der Waals surface area contributed by atoms with Crippen LogP contribution in [0.5, 0.6) is 17.2 Å². The van der Waals surface area contributed by atoms with Gasteiger partial charge in [-0.25, -0.2) is 0 Å². The zero-order valence-electron chi connectivity index (χ0n) is 14.6. The maximum atomic E-state index is 11.4. The van der Waals surface area contributed by atoms with Gasteiger partial charge in [0.1, 0.15) is 17.2 Å². The highest BCUT2D eigenvalue weighted by Crippen LogP contribution is 2.41. The molecule has 1 aliphatic heterocycles. The normalized spacial score (nSPS) is 13.7. The molecule has 1 atom stereocenters. The van der Waals surface area contributed by atoms with E-state index in [1.807, 2.05) is 12.1 Å². The second kappa shape index (κ2) is 9.45. The van der Waals surface area contributed by atoms with Gasteiger partial charge in [0.25, 0.3) is 5.91 Å². The summed E-state index contributed by atoms with van der Waals surface area (Å²) in [6.07, 6.45) is 0.703. The number of nitrogens with one attached hydrogen (secondary N) is 2. The van der Waals surface area contributed by atoms with Crippen LogP contribution in [0.1, 0.15) is 23.7 Å². The molecule has 2 aromatic rings. The first-order valence-electron chi connectivity index (χ1n) is 8.50. The van der Waals surface area contributed by atoms with Gasteiger partial charge < -0.3 is 30.7 Å². The number of aryl methyl sites for hydroxylation is 1. The fraction of sp³-hybridized carbons (Fsp3) is 0.316. The van der Waals surface area contributed by atoms with E-state index in [2.05, 4.69) is 10.6 Å². The Labute approximate surface area is 163 Å². The summed E-state index contributed by atoms with van der Waals surface area (Å²) in [5, 5.41) is 35.7. The van der Waals surface area contributed by atoms with Gasteiger partial charge in [0, 0.05) is 12.1 Å². The first kappa shape index (κ1) is 20.8. The summed E-state index contributed by atoms with van der Waals surface area (Å²) in [7, 11) is 0. The monoisotopic (exact) mass is 394 g/mol. The Morgan fingerprint density at radius 1 is 1.15 bits per heavy atom. The summed E-state index contributed by atoms with van der Waals surface area (Å²) in [6.45, 7) is 0.822. The fourth-order valence-corrected chi connectivity index (χ4v) is 2.92. The second-order valence-corrected chi connectivity index (χ2v) is 6.17. The Bertz CT molecular complexity index is 800. The van der Waals surface area contributed by atoms with E-state index in [4.69, 9.17) is 4.74 Å². The number of aliphatic hydroxyl groups is 1. The summed E-state index contributed by atoms with van der Waals surface area (Å²) < 4.78 is 5.38. The van der Waals surface area contributed by atoms with Crippen LogP contribution in [0.4, 0.5) is 5.69 Å². The van der Waals surface area contributed by atoms with Crippen molar-refractivity contribution in [3.63, 3.8) is 0 Å². The lowest BCUT2D eigenvalue weighted by atomic mass is 10.0. The summed E-state index contributed by atoms with van der Waals surface area (Å²) in [5.41, 5.74) is 1.59. The number of fused-ring (bicyclic) bond motifs is 1. The highest BCUT2D eigenvalue weighted by molar-refractivity contribution is 5.97. The summed E-state index contributed by atoms with van der Waals surface area (Å²) in [4.78, 5) is 11.4. The number of carbonyl (C=O) groups excluding carboxylic acids is 1. The van der Waals surface area contributed by atoms with Crippen LogP contribution in [-0.2, 0) is 11.2 Å². The van der Waals surface area contributed by atoms with Gasteiger partial charge in [-0.1, -0.05) is 18.2 Å². The molecule has 1 amide bonds. The zero-order valence-corrected chi connectivity index (χ0v) is 15.5. The SMILES string of the molecule is Cl.O=C1COc2c(C(O)CNCCCc3ccccc3O)ccc(O)c2N1. The summed E-state index contributed by atoms with van der Waals surface area (Å²) >= 11 is 0. The van der Waals surface area contributed by atoms with E-state index in [9.17, 15) is 20.1 Å². The number of aliphatic hydroxyl groups excluding tert-OH is 1. The molecule has 3 rings (SSSR count). The van der Waals surface area contributed by atoms with Crippen molar-refractivity contribution in [2.45, 2.75) is 18.9 Å². The van der Waals surface area contributed by atoms with Gasteiger partial charge in [-0.05, 0) is 43.1 Å². The zero-order chi connectivity index (χ0) is 18.5. The minimum absolute atomic E-state index is 0. The highest BCUT2D eigenvalue weighted by atomic mass is 35.5. The lowest BCUT2D eigenvalue weighted by Gasteiger charge is -2.23. The van der Waals surface area contributed by atoms with E-state index in [-0.39, 0.29) is 36.4 Å². The molecule has 0 saturated carbocycles. The number of ether oxygens (including phenoxy) is 1. The van der Waals surface area contributed by atoms with E-state index >= 15 is 0 Å². The van der Waals surface area contributed by atoms with Crippen molar-refractivity contribution in [3.05, 3.63) is 47.5 Å². The van der Waals surface area contributed by atoms with Crippen molar-refractivity contribution in [2.24, 2.45) is 0 Å². The Hall–Kier alpha value is -2.48. The fourth-order valence-electron chi connectivity index (χ4n) is 2.92. The van der Waals surface area contributed by atoms with Crippen molar-refractivity contribution >= 4 is 24.0 Å². The first-order valence-corrected chi connectivity index (χ1v) is 8.50. The third-order valence-corrected chi connectivity index (χ3v) is 4.27. The Morgan fingerprint density at radius 3 is 2.70 bits per heavy atom. The van der Waals surface area contributed by atoms with Crippen molar-refractivity contribution in [1.29, 1.82) is 0 Å². The standard InChI is InChI=1S/C19H22N2O5.ClH/c22-14-6-2-1-4-12(14)5-3-9-20-10-16(24)13-7-8-15(23)18-19(13)26-11-17(25)21-18;/h1-2,4,6-8,16,20,22-24H,3,5,9-11H2,(H,21,25);1H. The van der Waals surface area contributed by atoms with Crippen LogP contribution in [0.2, 0.25) is 0 Å². The smallest absolute Gasteiger partial charge is 0.262 e. The van der Waals surface area contributed by atoms with E-state index in [0.29, 0.717) is 30.2 Å². The van der Waals surface area contributed by atoms with Crippen LogP contribution in [0.25, 0.3) is 0 Å². The molecule has 146 valence electrons. The molecule has 7 nitrogen and oxygen atoms in total. The van der Waals surface area contributed by atoms with Crippen LogP contribution in [0.15, 0.2) is 36.4 Å². The molecule has 0 radical (unpaired) electrons. The molecule has 1 heterocycles. The molecule has 0 saturated heterocycles. The van der Waals surface area contributed by atoms with E-state index < -0.39 is 6.10 Å². The number of para-hydroxylation sites is 1. The molecule has 1 unspecified atom stereocenters. The maximum Gasteiger partial charge on any atom is 0.262 e. The second-order valence-electron chi connectivity index (χ2n) is 6.17. The number of phenols is 2. The van der Waals surface area contributed by atoms with Gasteiger partial charge in [0.05, 0.1) is 6.10 Å². The Kier molecular flexibility index (Phi) is 7.29. The molecule has 0 spiro atoms. The van der Waals surface area contributed by atoms with Gasteiger partial charge in [0.2, 0.25) is 0 Å². The van der Waals surface area contributed by atoms with Gasteiger partial charge in [-0.2, -0.15) is 0 Å². The Balaban J connectivity index is 0.00000261. The number of aromatic hydroxyl groups is 2. The molecular formula is C19H23ClN2O5. The molecule has 0 aromatic heterocycles. The van der Waals surface area contributed by atoms with Crippen molar-refractivity contribution in [2.75, 3.05) is 25.0 Å². The lowest BCUT2D eigenvalue weighted by molar-refractivity contribution is -0.118. The van der Waals surface area contributed by atoms with Crippen LogP contribution >= 0.6 is 12.4 Å². The number of hydrogen-bond donors (Lipinski definition) is 5. The van der Waals surface area contributed by atoms with Gasteiger partial charge in [0.15, 0.2) is 12.4 Å². The largest absolute Gasteiger partial charge is 0.508 e. The van der Waals surface area contributed by atoms with Crippen molar-refractivity contribution < 1.29 is 24.9 Å². The third-order valence-electron chi connectivity index (χ3n) is 4.27. The first-order chi connectivity index (χ1) is 12.6. The van der Waals surface area contributed by atoms with E-state index in [1.54, 1.807) is 18.2 Å². The van der Waals surface area contributed by atoms with E-state index in [0.717, 1.165) is 18.4 Å². The molecule has 2 aromatic carbocycles. The number of carbonyl (C=O) groups is 1. The van der Waals surface area contributed by atoms with Crippen LogP contribution in [0, 0.1) is 0 Å². The number of amides is 1. The molecular weight excluding hydrogens is 372 g/mol. The maximum absolute atomic E-state index is 11.4. The minimum atomic E-state index is -0.843. The predicted octanol–water partition coefficient (Wildman–Crippen LogP) is 2.11. The van der Waals surface area contributed by atoms with Gasteiger partial charge >= 0.3 is 0 Å². The van der Waals surface area contributed by atoms with Crippen LogP contribution < -0.4 is 15.4 Å². The molecule has 8 heteroatoms.